The normalized spacial score (nSPS) is 21.0. The molecule has 0 radical (unpaired) electrons. The van der Waals surface area contributed by atoms with Crippen LogP contribution in [0.3, 0.4) is 0 Å². The van der Waals surface area contributed by atoms with Crippen LogP contribution in [0.25, 0.3) is 11.3 Å². The topological polar surface area (TPSA) is 93.5 Å². The van der Waals surface area contributed by atoms with Crippen molar-refractivity contribution in [2.75, 3.05) is 26.3 Å². The van der Waals surface area contributed by atoms with Crippen molar-refractivity contribution in [3.05, 3.63) is 30.0 Å². The highest BCUT2D eigenvalue weighted by molar-refractivity contribution is 5.94. The molecule has 2 aromatic rings. The smallest absolute Gasteiger partial charge is 0.272 e. The van der Waals surface area contributed by atoms with Crippen molar-refractivity contribution in [1.29, 1.82) is 0 Å². The average Bonchev–Trinajstić information content (AvgIpc) is 3.25. The molecule has 1 aromatic heterocycles. The summed E-state index contributed by atoms with van der Waals surface area (Å²) in [7, 11) is 0. The average molecular weight is 356 g/mol. The zero-order valence-corrected chi connectivity index (χ0v) is 15.1. The van der Waals surface area contributed by atoms with Crippen LogP contribution in [0.15, 0.2) is 24.3 Å². The lowest BCUT2D eigenvalue weighted by molar-refractivity contribution is 0.0601. The fraction of sp³-hybridized carbons (Fsp3) is 0.474. The predicted molar refractivity (Wildman–Crippen MR) is 97.3 cm³/mol. The molecule has 2 aliphatic rings. The molecule has 1 aromatic carbocycles. The van der Waals surface area contributed by atoms with Gasteiger partial charge in [-0.15, -0.1) is 0 Å². The molecule has 7 nitrogen and oxygen atoms in total. The molecule has 1 saturated heterocycles. The molecular formula is C19H24N4O3. The predicted octanol–water partition coefficient (Wildman–Crippen LogP) is 2.05. The van der Waals surface area contributed by atoms with Gasteiger partial charge in [-0.3, -0.25) is 9.89 Å². The number of hydrogen-bond acceptors (Lipinski definition) is 5. The van der Waals surface area contributed by atoms with Crippen LogP contribution >= 0.6 is 0 Å². The Kier molecular flexibility index (Phi) is 4.11. The van der Waals surface area contributed by atoms with Gasteiger partial charge < -0.3 is 20.1 Å². The Bertz CT molecular complexity index is 830. The number of aromatic nitrogens is 2. The molecule has 0 aliphatic carbocycles. The standard InChI is InChI=1S/C19H24N4O3/c1-19(2)13(11-20)5-6-23(19)18(24)15-10-14(21-22-15)12-3-4-16-17(9-12)26-8-7-25-16/h3-4,9-10,13H,5-8,11,20H2,1-2H3,(H,21,22). The number of benzene rings is 1. The van der Waals surface area contributed by atoms with E-state index >= 15 is 0 Å². The molecule has 2 aliphatic heterocycles. The van der Waals surface area contributed by atoms with Gasteiger partial charge in [0.05, 0.1) is 5.69 Å². The highest BCUT2D eigenvalue weighted by atomic mass is 16.6. The van der Waals surface area contributed by atoms with Gasteiger partial charge in [-0.2, -0.15) is 5.10 Å². The third-order valence-electron chi connectivity index (χ3n) is 5.57. The quantitative estimate of drug-likeness (QED) is 0.878. The molecule has 0 spiro atoms. The van der Waals surface area contributed by atoms with E-state index in [0.29, 0.717) is 49.4 Å². The van der Waals surface area contributed by atoms with Crippen molar-refractivity contribution in [2.24, 2.45) is 11.7 Å². The van der Waals surface area contributed by atoms with Crippen LogP contribution < -0.4 is 15.2 Å². The summed E-state index contributed by atoms with van der Waals surface area (Å²) in [5, 5.41) is 7.21. The number of amides is 1. The van der Waals surface area contributed by atoms with Crippen molar-refractivity contribution >= 4 is 5.91 Å². The van der Waals surface area contributed by atoms with E-state index in [1.807, 2.05) is 23.1 Å². The fourth-order valence-corrected chi connectivity index (χ4v) is 3.84. The fourth-order valence-electron chi connectivity index (χ4n) is 3.84. The second kappa shape index (κ2) is 6.32. The number of ether oxygens (including phenoxy) is 2. The van der Waals surface area contributed by atoms with Gasteiger partial charge in [0.2, 0.25) is 0 Å². The summed E-state index contributed by atoms with van der Waals surface area (Å²) in [6, 6.07) is 7.47. The number of carbonyl (C=O) groups excluding carboxylic acids is 1. The van der Waals surface area contributed by atoms with Crippen LogP contribution in [0.1, 0.15) is 30.8 Å². The summed E-state index contributed by atoms with van der Waals surface area (Å²) >= 11 is 0. The molecule has 1 atom stereocenters. The first-order valence-electron chi connectivity index (χ1n) is 8.98. The lowest BCUT2D eigenvalue weighted by Crippen LogP contribution is -2.47. The Labute approximate surface area is 152 Å². The summed E-state index contributed by atoms with van der Waals surface area (Å²) in [6.07, 6.45) is 0.929. The molecule has 26 heavy (non-hydrogen) atoms. The van der Waals surface area contributed by atoms with Crippen molar-refractivity contribution in [2.45, 2.75) is 25.8 Å². The van der Waals surface area contributed by atoms with Crippen molar-refractivity contribution in [1.82, 2.24) is 15.1 Å². The first-order valence-corrected chi connectivity index (χ1v) is 8.98. The van der Waals surface area contributed by atoms with Gasteiger partial charge >= 0.3 is 0 Å². The van der Waals surface area contributed by atoms with Crippen LogP contribution in [-0.2, 0) is 0 Å². The van der Waals surface area contributed by atoms with Crippen molar-refractivity contribution in [3.8, 4) is 22.8 Å². The summed E-state index contributed by atoms with van der Waals surface area (Å²) in [6.45, 7) is 6.55. The molecular weight excluding hydrogens is 332 g/mol. The Balaban J connectivity index is 1.58. The summed E-state index contributed by atoms with van der Waals surface area (Å²) in [5.41, 5.74) is 7.68. The molecule has 3 N–H and O–H groups in total. The second-order valence-corrected chi connectivity index (χ2v) is 7.36. The Hall–Kier alpha value is -2.54. The van der Waals surface area contributed by atoms with Gasteiger partial charge in [0, 0.05) is 17.6 Å². The number of fused-ring (bicyclic) bond motifs is 1. The van der Waals surface area contributed by atoms with E-state index in [1.54, 1.807) is 6.07 Å². The molecule has 1 amide bonds. The highest BCUT2D eigenvalue weighted by Gasteiger charge is 2.43. The molecule has 1 fully saturated rings. The van der Waals surface area contributed by atoms with Gasteiger partial charge in [0.25, 0.3) is 5.91 Å². The summed E-state index contributed by atoms with van der Waals surface area (Å²) in [5.74, 6) is 1.71. The highest BCUT2D eigenvalue weighted by Crippen LogP contribution is 2.36. The number of carbonyl (C=O) groups is 1. The number of nitrogens with one attached hydrogen (secondary N) is 1. The van der Waals surface area contributed by atoms with Crippen LogP contribution in [-0.4, -0.2) is 52.8 Å². The second-order valence-electron chi connectivity index (χ2n) is 7.36. The Morgan fingerprint density at radius 3 is 2.81 bits per heavy atom. The lowest BCUT2D eigenvalue weighted by Gasteiger charge is -2.35. The van der Waals surface area contributed by atoms with E-state index in [4.69, 9.17) is 15.2 Å². The van der Waals surface area contributed by atoms with E-state index < -0.39 is 0 Å². The van der Waals surface area contributed by atoms with E-state index in [2.05, 4.69) is 24.0 Å². The van der Waals surface area contributed by atoms with Gasteiger partial charge in [-0.1, -0.05) is 0 Å². The largest absolute Gasteiger partial charge is 0.486 e. The maximum absolute atomic E-state index is 13.0. The number of aromatic amines is 1. The van der Waals surface area contributed by atoms with Gasteiger partial charge in [-0.05, 0) is 57.0 Å². The number of nitrogens with two attached hydrogens (primary N) is 1. The van der Waals surface area contributed by atoms with E-state index in [1.165, 1.54) is 0 Å². The molecule has 7 heteroatoms. The van der Waals surface area contributed by atoms with Crippen LogP contribution in [0.2, 0.25) is 0 Å². The molecule has 4 rings (SSSR count). The zero-order chi connectivity index (χ0) is 18.3. The monoisotopic (exact) mass is 356 g/mol. The van der Waals surface area contributed by atoms with Crippen LogP contribution in [0.4, 0.5) is 0 Å². The summed E-state index contributed by atoms with van der Waals surface area (Å²) in [4.78, 5) is 14.9. The first-order chi connectivity index (χ1) is 12.5. The lowest BCUT2D eigenvalue weighted by atomic mass is 9.88. The Morgan fingerprint density at radius 1 is 1.31 bits per heavy atom. The number of rotatable bonds is 3. The Morgan fingerprint density at radius 2 is 2.08 bits per heavy atom. The minimum atomic E-state index is -0.256. The minimum absolute atomic E-state index is 0.0396. The summed E-state index contributed by atoms with van der Waals surface area (Å²) < 4.78 is 11.2. The van der Waals surface area contributed by atoms with E-state index in [9.17, 15) is 4.79 Å². The molecule has 0 saturated carbocycles. The molecule has 138 valence electrons. The molecule has 3 heterocycles. The molecule has 0 bridgehead atoms. The SMILES string of the molecule is CC1(C)C(CN)CCN1C(=O)c1cc(-c2ccc3c(c2)OCCO3)n[nH]1. The van der Waals surface area contributed by atoms with Crippen LogP contribution in [0.5, 0.6) is 11.5 Å². The number of hydrogen-bond donors (Lipinski definition) is 2. The van der Waals surface area contributed by atoms with Gasteiger partial charge in [0.15, 0.2) is 11.5 Å². The maximum Gasteiger partial charge on any atom is 0.272 e. The van der Waals surface area contributed by atoms with E-state index in [0.717, 1.165) is 17.7 Å². The number of H-pyrrole nitrogens is 1. The number of likely N-dealkylation sites (tertiary alicyclic amines) is 1. The minimum Gasteiger partial charge on any atom is -0.486 e. The molecule has 1 unspecified atom stereocenters. The van der Waals surface area contributed by atoms with Crippen molar-refractivity contribution in [3.63, 3.8) is 0 Å². The first kappa shape index (κ1) is 16.9. The third-order valence-corrected chi connectivity index (χ3v) is 5.57. The van der Waals surface area contributed by atoms with Crippen LogP contribution in [0, 0.1) is 5.92 Å². The van der Waals surface area contributed by atoms with Gasteiger partial charge in [0.1, 0.15) is 18.9 Å². The maximum atomic E-state index is 13.0. The number of nitrogens with zero attached hydrogens (tertiary/aromatic N) is 2. The van der Waals surface area contributed by atoms with E-state index in [-0.39, 0.29) is 11.4 Å². The third kappa shape index (κ3) is 2.72. The van der Waals surface area contributed by atoms with Gasteiger partial charge in [-0.25, -0.2) is 0 Å². The zero-order valence-electron chi connectivity index (χ0n) is 15.1. The van der Waals surface area contributed by atoms with Crippen molar-refractivity contribution < 1.29 is 14.3 Å².